The van der Waals surface area contributed by atoms with E-state index in [9.17, 15) is 13.2 Å². The molecule has 0 aromatic carbocycles. The van der Waals surface area contributed by atoms with Gasteiger partial charge < -0.3 is 10.1 Å². The molecular weight excluding hydrogens is 336 g/mol. The van der Waals surface area contributed by atoms with Crippen LogP contribution in [0.25, 0.3) is 0 Å². The van der Waals surface area contributed by atoms with Crippen LogP contribution < -0.4 is 10.1 Å². The van der Waals surface area contributed by atoms with Gasteiger partial charge in [-0.25, -0.2) is 13.4 Å². The summed E-state index contributed by atoms with van der Waals surface area (Å²) in [6.45, 7) is 0. The highest BCUT2D eigenvalue weighted by Gasteiger charge is 2.24. The number of hydrogen-bond acceptors (Lipinski definition) is 5. The first-order valence-corrected chi connectivity index (χ1v) is 7.84. The van der Waals surface area contributed by atoms with Crippen LogP contribution in [0.2, 0.25) is 0 Å². The molecule has 1 N–H and O–H groups in total. The van der Waals surface area contributed by atoms with Gasteiger partial charge in [0.15, 0.2) is 9.84 Å². The molecule has 6 nitrogen and oxygen atoms in total. The lowest BCUT2D eigenvalue weighted by molar-refractivity contribution is 0.0944. The molecule has 8 heteroatoms. The van der Waals surface area contributed by atoms with Gasteiger partial charge in [0.05, 0.1) is 18.9 Å². The van der Waals surface area contributed by atoms with Crippen LogP contribution in [0, 0.1) is 0 Å². The first-order chi connectivity index (χ1) is 8.91. The molecule has 0 aliphatic carbocycles. The van der Waals surface area contributed by atoms with Crippen LogP contribution >= 0.6 is 15.9 Å². The maximum atomic E-state index is 12.0. The van der Waals surface area contributed by atoms with Crippen molar-refractivity contribution in [2.45, 2.75) is 6.04 Å². The Hall–Kier alpha value is -1.41. The SMILES string of the molecule is COc1nc(Br)ccc1C(=O)NC1C=CS(=O)(=O)C1. The highest BCUT2D eigenvalue weighted by atomic mass is 79.9. The molecule has 1 aromatic heterocycles. The third-order valence-corrected chi connectivity index (χ3v) is 4.35. The Morgan fingerprint density at radius 1 is 1.53 bits per heavy atom. The van der Waals surface area contributed by atoms with Crippen molar-refractivity contribution in [2.75, 3.05) is 12.9 Å². The van der Waals surface area contributed by atoms with Gasteiger partial charge >= 0.3 is 0 Å². The number of halogens is 1. The van der Waals surface area contributed by atoms with Crippen molar-refractivity contribution < 1.29 is 17.9 Å². The number of aromatic nitrogens is 1. The summed E-state index contributed by atoms with van der Waals surface area (Å²) < 4.78 is 28.1. The van der Waals surface area contributed by atoms with Crippen LogP contribution in [0.4, 0.5) is 0 Å². The van der Waals surface area contributed by atoms with Crippen molar-refractivity contribution in [3.8, 4) is 5.88 Å². The average Bonchev–Trinajstić information content (AvgIpc) is 2.68. The van der Waals surface area contributed by atoms with Gasteiger partial charge in [-0.05, 0) is 34.1 Å². The Labute approximate surface area is 118 Å². The lowest BCUT2D eigenvalue weighted by atomic mass is 10.2. The van der Waals surface area contributed by atoms with Crippen LogP contribution in [0.1, 0.15) is 10.4 Å². The summed E-state index contributed by atoms with van der Waals surface area (Å²) in [6.07, 6.45) is 1.45. The molecule has 1 unspecified atom stereocenters. The number of ether oxygens (including phenoxy) is 1. The second-order valence-corrected chi connectivity index (χ2v) is 6.67. The molecule has 102 valence electrons. The second kappa shape index (κ2) is 5.30. The lowest BCUT2D eigenvalue weighted by Gasteiger charge is -2.12. The number of pyridine rings is 1. The predicted octanol–water partition coefficient (Wildman–Crippen LogP) is 0.893. The average molecular weight is 347 g/mol. The van der Waals surface area contributed by atoms with E-state index in [0.29, 0.717) is 4.60 Å². The molecule has 0 radical (unpaired) electrons. The van der Waals surface area contributed by atoms with Gasteiger partial charge in [0.1, 0.15) is 10.2 Å². The predicted molar refractivity (Wildman–Crippen MR) is 72.7 cm³/mol. The normalized spacial score (nSPS) is 20.2. The van der Waals surface area contributed by atoms with E-state index >= 15 is 0 Å². The summed E-state index contributed by atoms with van der Waals surface area (Å²) in [5.41, 5.74) is 0.253. The maximum absolute atomic E-state index is 12.0. The maximum Gasteiger partial charge on any atom is 0.257 e. The Bertz CT molecular complexity index is 642. The molecule has 0 bridgehead atoms. The quantitative estimate of drug-likeness (QED) is 0.821. The van der Waals surface area contributed by atoms with Crippen LogP contribution in [-0.2, 0) is 9.84 Å². The van der Waals surface area contributed by atoms with Gasteiger partial charge in [0.25, 0.3) is 5.91 Å². The second-order valence-electron chi connectivity index (χ2n) is 3.93. The highest BCUT2D eigenvalue weighted by molar-refractivity contribution is 9.10. The molecule has 19 heavy (non-hydrogen) atoms. The summed E-state index contributed by atoms with van der Waals surface area (Å²) >= 11 is 3.18. The van der Waals surface area contributed by atoms with E-state index in [1.807, 2.05) is 0 Å². The molecule has 1 atom stereocenters. The van der Waals surface area contributed by atoms with Crippen LogP contribution in [0.15, 0.2) is 28.2 Å². The zero-order valence-electron chi connectivity index (χ0n) is 9.96. The number of hydrogen-bond donors (Lipinski definition) is 1. The zero-order valence-corrected chi connectivity index (χ0v) is 12.4. The van der Waals surface area contributed by atoms with Gasteiger partial charge in [-0.2, -0.15) is 0 Å². The van der Waals surface area contributed by atoms with E-state index < -0.39 is 21.8 Å². The number of carbonyl (C=O) groups is 1. The van der Waals surface area contributed by atoms with Crippen molar-refractivity contribution in [3.63, 3.8) is 0 Å². The number of rotatable bonds is 3. The summed E-state index contributed by atoms with van der Waals surface area (Å²) in [4.78, 5) is 16.0. The topological polar surface area (TPSA) is 85.4 Å². The fraction of sp³-hybridized carbons (Fsp3) is 0.273. The fourth-order valence-corrected chi connectivity index (χ4v) is 3.19. The Kier molecular flexibility index (Phi) is 3.91. The largest absolute Gasteiger partial charge is 0.480 e. The minimum absolute atomic E-state index is 0.120. The molecule has 2 heterocycles. The fourth-order valence-electron chi connectivity index (χ4n) is 1.66. The molecular formula is C11H11BrN2O4S. The van der Waals surface area contributed by atoms with E-state index in [1.54, 1.807) is 12.1 Å². The monoisotopic (exact) mass is 346 g/mol. The van der Waals surface area contributed by atoms with Crippen LogP contribution in [0.3, 0.4) is 0 Å². The molecule has 0 fully saturated rings. The Morgan fingerprint density at radius 3 is 2.84 bits per heavy atom. The molecule has 1 amide bonds. The van der Waals surface area contributed by atoms with E-state index in [2.05, 4.69) is 26.2 Å². The van der Waals surface area contributed by atoms with E-state index in [4.69, 9.17) is 4.74 Å². The molecule has 1 aromatic rings. The van der Waals surface area contributed by atoms with E-state index in [-0.39, 0.29) is 17.2 Å². The minimum atomic E-state index is -3.20. The number of carbonyl (C=O) groups excluding carboxylic acids is 1. The highest BCUT2D eigenvalue weighted by Crippen LogP contribution is 2.19. The smallest absolute Gasteiger partial charge is 0.257 e. The molecule has 0 saturated carbocycles. The van der Waals surface area contributed by atoms with Gasteiger partial charge in [0, 0.05) is 5.41 Å². The van der Waals surface area contributed by atoms with E-state index in [0.717, 1.165) is 5.41 Å². The Balaban J connectivity index is 2.15. The first-order valence-electron chi connectivity index (χ1n) is 5.33. The van der Waals surface area contributed by atoms with Gasteiger partial charge in [-0.1, -0.05) is 0 Å². The van der Waals surface area contributed by atoms with Crippen molar-refractivity contribution in [3.05, 3.63) is 33.8 Å². The Morgan fingerprint density at radius 2 is 2.26 bits per heavy atom. The standard InChI is InChI=1S/C11H11BrN2O4S/c1-18-11-8(2-3-9(12)14-11)10(15)13-7-4-5-19(16,17)6-7/h2-5,7H,6H2,1H3,(H,13,15). The summed E-state index contributed by atoms with van der Waals surface area (Å²) in [6, 6.07) is 2.64. The van der Waals surface area contributed by atoms with Gasteiger partial charge in [0.2, 0.25) is 5.88 Å². The molecule has 0 saturated heterocycles. The van der Waals surface area contributed by atoms with Crippen LogP contribution in [0.5, 0.6) is 5.88 Å². The molecule has 1 aliphatic heterocycles. The third-order valence-electron chi connectivity index (χ3n) is 2.51. The zero-order chi connectivity index (χ0) is 14.0. The summed E-state index contributed by atoms with van der Waals surface area (Å²) in [5.74, 6) is -0.370. The minimum Gasteiger partial charge on any atom is -0.480 e. The number of methoxy groups -OCH3 is 1. The first kappa shape index (κ1) is 14.0. The van der Waals surface area contributed by atoms with Crippen molar-refractivity contribution in [1.82, 2.24) is 10.3 Å². The molecule has 2 rings (SSSR count). The van der Waals surface area contributed by atoms with Crippen LogP contribution in [-0.4, -0.2) is 38.2 Å². The molecule has 1 aliphatic rings. The number of sulfone groups is 1. The van der Waals surface area contributed by atoms with Gasteiger partial charge in [-0.15, -0.1) is 0 Å². The lowest BCUT2D eigenvalue weighted by Crippen LogP contribution is -2.35. The summed E-state index contributed by atoms with van der Waals surface area (Å²) in [5, 5.41) is 3.71. The number of nitrogens with zero attached hydrogens (tertiary/aromatic N) is 1. The van der Waals surface area contributed by atoms with Crippen molar-refractivity contribution in [2.24, 2.45) is 0 Å². The van der Waals surface area contributed by atoms with Gasteiger partial charge in [-0.3, -0.25) is 4.79 Å². The summed E-state index contributed by atoms with van der Waals surface area (Å²) in [7, 11) is -1.79. The van der Waals surface area contributed by atoms with Crippen molar-refractivity contribution in [1.29, 1.82) is 0 Å². The molecule has 0 spiro atoms. The third kappa shape index (κ3) is 3.32. The van der Waals surface area contributed by atoms with E-state index in [1.165, 1.54) is 13.2 Å². The number of nitrogens with one attached hydrogen (secondary N) is 1. The van der Waals surface area contributed by atoms with Crippen molar-refractivity contribution >= 4 is 31.7 Å². The number of amides is 1.